The molecule has 22 heavy (non-hydrogen) atoms. The van der Waals surface area contributed by atoms with Gasteiger partial charge in [0.2, 0.25) is 0 Å². The monoisotopic (exact) mass is 437 g/mol. The smallest absolute Gasteiger partial charge is 0.262 e. The maximum absolute atomic E-state index is 13.4. The van der Waals surface area contributed by atoms with Crippen LogP contribution in [0.4, 0.5) is 4.39 Å². The summed E-state index contributed by atoms with van der Waals surface area (Å²) in [6, 6.07) is 4.16. The van der Waals surface area contributed by atoms with Crippen molar-refractivity contribution in [2.24, 2.45) is 0 Å². The van der Waals surface area contributed by atoms with E-state index < -0.39 is 5.82 Å². The summed E-state index contributed by atoms with van der Waals surface area (Å²) < 4.78 is 15.9. The van der Waals surface area contributed by atoms with Gasteiger partial charge < -0.3 is 28.5 Å². The van der Waals surface area contributed by atoms with E-state index in [0.29, 0.717) is 22.6 Å². The lowest BCUT2D eigenvalue weighted by molar-refractivity contribution is -0.870. The fourth-order valence-electron chi connectivity index (χ4n) is 2.23. The molecule has 0 amide bonds. The van der Waals surface area contributed by atoms with Crippen LogP contribution in [0.25, 0.3) is 10.9 Å². The second-order valence-corrected chi connectivity index (χ2v) is 6.86. The molecule has 1 aromatic carbocycles. The first-order valence-corrected chi connectivity index (χ1v) is 8.09. The van der Waals surface area contributed by atoms with Crippen molar-refractivity contribution in [2.75, 3.05) is 33.9 Å². The average molecular weight is 437 g/mol. The van der Waals surface area contributed by atoms with E-state index in [1.807, 2.05) is 6.26 Å². The summed E-state index contributed by atoms with van der Waals surface area (Å²) in [6.07, 6.45) is 2.77. The molecule has 2 rings (SSSR count). The summed E-state index contributed by atoms with van der Waals surface area (Å²) in [6.45, 7) is 1.56. The van der Waals surface area contributed by atoms with Gasteiger partial charge in [-0.05, 0) is 24.5 Å². The summed E-state index contributed by atoms with van der Waals surface area (Å²) in [5.41, 5.74) is 0.388. The maximum Gasteiger partial charge on any atom is 0.262 e. The highest BCUT2D eigenvalue weighted by Gasteiger charge is 2.13. The topological polar surface area (TPSA) is 34.9 Å². The molecule has 0 fully saturated rings. The van der Waals surface area contributed by atoms with Crippen LogP contribution in [0.3, 0.4) is 0 Å². The van der Waals surface area contributed by atoms with Crippen LogP contribution in [0.15, 0.2) is 28.2 Å². The van der Waals surface area contributed by atoms with Crippen molar-refractivity contribution in [2.45, 2.75) is 18.1 Å². The van der Waals surface area contributed by atoms with Crippen molar-refractivity contribution >= 4 is 22.7 Å². The molecule has 0 saturated carbocycles. The number of fused-ring (bicyclic) bond motifs is 1. The van der Waals surface area contributed by atoms with Gasteiger partial charge in [-0.2, -0.15) is 0 Å². The Balaban J connectivity index is 0.00000242. The number of hydrogen-bond acceptors (Lipinski definition) is 3. The largest absolute Gasteiger partial charge is 1.00 e. The number of rotatable bonds is 5. The van der Waals surface area contributed by atoms with Crippen molar-refractivity contribution in [3.8, 4) is 0 Å². The minimum Gasteiger partial charge on any atom is -1.00 e. The number of thioether (sulfide) groups is 1. The van der Waals surface area contributed by atoms with Gasteiger partial charge in [0.1, 0.15) is 5.82 Å². The van der Waals surface area contributed by atoms with E-state index in [0.717, 1.165) is 17.4 Å². The van der Waals surface area contributed by atoms with Gasteiger partial charge in [-0.3, -0.25) is 9.36 Å². The van der Waals surface area contributed by atoms with Crippen LogP contribution in [0.5, 0.6) is 0 Å². The van der Waals surface area contributed by atoms with Crippen molar-refractivity contribution in [3.63, 3.8) is 0 Å². The summed E-state index contributed by atoms with van der Waals surface area (Å²) in [4.78, 5) is 17.0. The van der Waals surface area contributed by atoms with E-state index >= 15 is 0 Å². The number of aromatic nitrogens is 2. The van der Waals surface area contributed by atoms with Gasteiger partial charge in [-0.1, -0.05) is 11.8 Å². The normalized spacial score (nSPS) is 11.5. The third-order valence-electron chi connectivity index (χ3n) is 3.27. The Morgan fingerprint density at radius 2 is 2.00 bits per heavy atom. The number of hydrogen-bond donors (Lipinski definition) is 0. The first kappa shape index (κ1) is 19.4. The van der Waals surface area contributed by atoms with Gasteiger partial charge in [0.25, 0.3) is 5.56 Å². The molecule has 0 radical (unpaired) electrons. The Labute approximate surface area is 151 Å². The lowest BCUT2D eigenvalue weighted by Crippen LogP contribution is -3.00. The SMILES string of the molecule is CSc1nc2ccc(F)cc2c(=O)n1CCC[N+](C)(C)C.[I-]. The molecule has 122 valence electrons. The summed E-state index contributed by atoms with van der Waals surface area (Å²) in [5, 5.41) is 1.03. The predicted octanol–water partition coefficient (Wildman–Crippen LogP) is -0.642. The fraction of sp³-hybridized carbons (Fsp3) is 0.467. The van der Waals surface area contributed by atoms with Gasteiger partial charge in [0, 0.05) is 13.0 Å². The second kappa shape index (κ2) is 7.74. The molecule has 1 aromatic heterocycles. The molecule has 0 N–H and O–H groups in total. The van der Waals surface area contributed by atoms with Crippen LogP contribution in [-0.2, 0) is 6.54 Å². The Morgan fingerprint density at radius 1 is 1.32 bits per heavy atom. The molecular formula is C15H21FIN3OS. The maximum atomic E-state index is 13.4. The summed E-state index contributed by atoms with van der Waals surface area (Å²) in [7, 11) is 6.35. The highest BCUT2D eigenvalue weighted by atomic mass is 127. The van der Waals surface area contributed by atoms with E-state index in [4.69, 9.17) is 0 Å². The fourth-order valence-corrected chi connectivity index (χ4v) is 2.81. The average Bonchev–Trinajstić information content (AvgIpc) is 2.40. The van der Waals surface area contributed by atoms with Crippen LogP contribution < -0.4 is 29.5 Å². The van der Waals surface area contributed by atoms with E-state index in [-0.39, 0.29) is 29.5 Å². The molecule has 0 aliphatic heterocycles. The van der Waals surface area contributed by atoms with Crippen LogP contribution >= 0.6 is 11.8 Å². The number of benzene rings is 1. The second-order valence-electron chi connectivity index (χ2n) is 6.08. The molecule has 1 heterocycles. The van der Waals surface area contributed by atoms with Crippen LogP contribution in [0, 0.1) is 5.82 Å². The molecular weight excluding hydrogens is 416 g/mol. The molecule has 0 bridgehead atoms. The lowest BCUT2D eigenvalue weighted by atomic mass is 10.2. The molecule has 2 aromatic rings. The highest BCUT2D eigenvalue weighted by molar-refractivity contribution is 7.98. The van der Waals surface area contributed by atoms with Gasteiger partial charge in [0.15, 0.2) is 5.16 Å². The minimum atomic E-state index is -0.406. The quantitative estimate of drug-likeness (QED) is 0.270. The highest BCUT2D eigenvalue weighted by Crippen LogP contribution is 2.16. The Bertz CT molecular complexity index is 712. The molecule has 7 heteroatoms. The molecule has 0 spiro atoms. The van der Waals surface area contributed by atoms with E-state index in [1.54, 1.807) is 10.6 Å². The molecule has 0 aliphatic carbocycles. The Hall–Kier alpha value is -0.670. The summed E-state index contributed by atoms with van der Waals surface area (Å²) >= 11 is 1.44. The Morgan fingerprint density at radius 3 is 2.59 bits per heavy atom. The molecule has 0 aliphatic rings. The van der Waals surface area contributed by atoms with Crippen molar-refractivity contribution < 1.29 is 32.9 Å². The van der Waals surface area contributed by atoms with Crippen LogP contribution in [-0.4, -0.2) is 48.0 Å². The first-order valence-electron chi connectivity index (χ1n) is 6.86. The van der Waals surface area contributed by atoms with Crippen LogP contribution in [0.1, 0.15) is 6.42 Å². The van der Waals surface area contributed by atoms with Crippen LogP contribution in [0.2, 0.25) is 0 Å². The number of nitrogens with zero attached hydrogens (tertiary/aromatic N) is 3. The zero-order valence-corrected chi connectivity index (χ0v) is 16.2. The number of halogens is 2. The Kier molecular flexibility index (Phi) is 6.82. The standard InChI is InChI=1S/C15H21FN3OS.HI/c1-19(2,3)9-5-8-18-14(20)12-10-11(16)6-7-13(12)17-15(18)21-4;/h6-7,10H,5,8-9H2,1-4H3;1H/q+1;/p-1. The molecule has 0 unspecified atom stereocenters. The third kappa shape index (κ3) is 4.66. The van der Waals surface area contributed by atoms with Crippen molar-refractivity contribution in [3.05, 3.63) is 34.4 Å². The number of quaternary nitrogens is 1. The van der Waals surface area contributed by atoms with Crippen molar-refractivity contribution in [1.29, 1.82) is 0 Å². The van der Waals surface area contributed by atoms with Gasteiger partial charge >= 0.3 is 0 Å². The van der Waals surface area contributed by atoms with Gasteiger partial charge in [0.05, 0.1) is 38.6 Å². The predicted molar refractivity (Wildman–Crippen MR) is 85.3 cm³/mol. The van der Waals surface area contributed by atoms with E-state index in [2.05, 4.69) is 26.1 Å². The molecule has 0 atom stereocenters. The zero-order chi connectivity index (χ0) is 15.6. The summed E-state index contributed by atoms with van der Waals surface area (Å²) in [5.74, 6) is -0.406. The van der Waals surface area contributed by atoms with Crippen molar-refractivity contribution in [1.82, 2.24) is 9.55 Å². The van der Waals surface area contributed by atoms with Gasteiger partial charge in [-0.15, -0.1) is 0 Å². The van der Waals surface area contributed by atoms with E-state index in [1.165, 1.54) is 23.9 Å². The first-order chi connectivity index (χ1) is 9.81. The van der Waals surface area contributed by atoms with Gasteiger partial charge in [-0.25, -0.2) is 9.37 Å². The molecule has 4 nitrogen and oxygen atoms in total. The minimum absolute atomic E-state index is 0. The zero-order valence-electron chi connectivity index (χ0n) is 13.3. The van der Waals surface area contributed by atoms with E-state index in [9.17, 15) is 9.18 Å². The third-order valence-corrected chi connectivity index (χ3v) is 3.95. The molecule has 0 saturated heterocycles. The lowest BCUT2D eigenvalue weighted by Gasteiger charge is -2.24.